The van der Waals surface area contributed by atoms with Gasteiger partial charge in [0.25, 0.3) is 5.91 Å². The Bertz CT molecular complexity index is 545. The third-order valence-electron chi connectivity index (χ3n) is 2.61. The van der Waals surface area contributed by atoms with Crippen LogP contribution in [0.5, 0.6) is 5.75 Å². The highest BCUT2D eigenvalue weighted by Gasteiger charge is 2.12. The van der Waals surface area contributed by atoms with Gasteiger partial charge in [0.15, 0.2) is 0 Å². The average Bonchev–Trinajstić information content (AvgIpc) is 2.65. The summed E-state index contributed by atoms with van der Waals surface area (Å²) in [6, 6.07) is 7.41. The minimum atomic E-state index is -0.308. The van der Waals surface area contributed by atoms with E-state index in [0.717, 1.165) is 16.7 Å². The highest BCUT2D eigenvalue weighted by Crippen LogP contribution is 2.23. The first-order valence-electron chi connectivity index (χ1n) is 4.81. The van der Waals surface area contributed by atoms with Crippen LogP contribution < -0.4 is 16.0 Å². The molecular weight excluding hydrogens is 206 g/mol. The molecule has 1 heterocycles. The number of nitrogens with one attached hydrogen (secondary N) is 1. The summed E-state index contributed by atoms with van der Waals surface area (Å²) >= 11 is 0. The van der Waals surface area contributed by atoms with Crippen molar-refractivity contribution >= 4 is 16.8 Å². The fraction of sp³-hybridized carbons (Fsp3) is 0.182. The smallest absolute Gasteiger partial charge is 0.281 e. The zero-order valence-electron chi connectivity index (χ0n) is 9.15. The molecule has 16 heavy (non-hydrogen) atoms. The van der Waals surface area contributed by atoms with Crippen molar-refractivity contribution in [1.29, 1.82) is 0 Å². The Kier molecular flexibility index (Phi) is 2.54. The van der Waals surface area contributed by atoms with Crippen LogP contribution >= 0.6 is 0 Å². The van der Waals surface area contributed by atoms with E-state index < -0.39 is 0 Å². The molecule has 0 aliphatic carbocycles. The third-order valence-corrected chi connectivity index (χ3v) is 2.61. The Balaban J connectivity index is 2.63. The van der Waals surface area contributed by atoms with Gasteiger partial charge in [-0.2, -0.15) is 0 Å². The van der Waals surface area contributed by atoms with Crippen LogP contribution in [0.4, 0.5) is 0 Å². The predicted molar refractivity (Wildman–Crippen MR) is 61.1 cm³/mol. The largest absolute Gasteiger partial charge is 0.497 e. The van der Waals surface area contributed by atoms with Gasteiger partial charge in [-0.1, -0.05) is 0 Å². The molecule has 5 nitrogen and oxygen atoms in total. The average molecular weight is 219 g/mol. The molecule has 0 aliphatic heterocycles. The Morgan fingerprint density at radius 3 is 2.81 bits per heavy atom. The number of carbonyl (C=O) groups is 1. The lowest BCUT2D eigenvalue weighted by molar-refractivity contribution is 0.0946. The molecule has 0 unspecified atom stereocenters. The van der Waals surface area contributed by atoms with E-state index in [-0.39, 0.29) is 5.91 Å². The van der Waals surface area contributed by atoms with Gasteiger partial charge in [0, 0.05) is 18.0 Å². The number of benzene rings is 1. The van der Waals surface area contributed by atoms with Crippen molar-refractivity contribution in [2.24, 2.45) is 12.9 Å². The van der Waals surface area contributed by atoms with E-state index in [1.165, 1.54) is 0 Å². The summed E-state index contributed by atoms with van der Waals surface area (Å²) in [5.41, 5.74) is 3.60. The number of hydrogen-bond donors (Lipinski definition) is 2. The van der Waals surface area contributed by atoms with Crippen LogP contribution in [0.1, 0.15) is 10.5 Å². The first kappa shape index (κ1) is 10.5. The number of rotatable bonds is 2. The van der Waals surface area contributed by atoms with Crippen molar-refractivity contribution < 1.29 is 9.53 Å². The van der Waals surface area contributed by atoms with Gasteiger partial charge in [-0.15, -0.1) is 0 Å². The minimum Gasteiger partial charge on any atom is -0.497 e. The molecule has 0 radical (unpaired) electrons. The van der Waals surface area contributed by atoms with Gasteiger partial charge < -0.3 is 9.30 Å². The lowest BCUT2D eigenvalue weighted by Crippen LogP contribution is -2.31. The van der Waals surface area contributed by atoms with Crippen molar-refractivity contribution in [2.45, 2.75) is 0 Å². The number of methoxy groups -OCH3 is 1. The number of fused-ring (bicyclic) bond motifs is 1. The first-order valence-corrected chi connectivity index (χ1v) is 4.81. The van der Waals surface area contributed by atoms with Crippen LogP contribution in [0.25, 0.3) is 10.9 Å². The Hall–Kier alpha value is -2.01. The second-order valence-electron chi connectivity index (χ2n) is 3.49. The van der Waals surface area contributed by atoms with Gasteiger partial charge in [0.2, 0.25) is 0 Å². The van der Waals surface area contributed by atoms with E-state index in [1.54, 1.807) is 17.7 Å². The maximum Gasteiger partial charge on any atom is 0.281 e. The van der Waals surface area contributed by atoms with Gasteiger partial charge in [-0.25, -0.2) is 5.84 Å². The number of amides is 1. The summed E-state index contributed by atoms with van der Waals surface area (Å²) in [5.74, 6) is 5.57. The highest BCUT2D eigenvalue weighted by molar-refractivity contribution is 5.98. The van der Waals surface area contributed by atoms with E-state index in [4.69, 9.17) is 10.6 Å². The Morgan fingerprint density at radius 1 is 1.44 bits per heavy atom. The standard InChI is InChI=1S/C11H13N3O2/c1-14-9-4-3-8(16-2)5-7(9)6-10(14)11(15)13-12/h3-6H,12H2,1-2H3,(H,13,15). The Labute approximate surface area is 92.8 Å². The maximum atomic E-state index is 11.5. The molecule has 5 heteroatoms. The van der Waals surface area contributed by atoms with Crippen molar-refractivity contribution in [2.75, 3.05) is 7.11 Å². The lowest BCUT2D eigenvalue weighted by atomic mass is 10.2. The van der Waals surface area contributed by atoms with Crippen molar-refractivity contribution in [3.63, 3.8) is 0 Å². The van der Waals surface area contributed by atoms with Crippen molar-refractivity contribution in [3.8, 4) is 5.75 Å². The van der Waals surface area contributed by atoms with Crippen LogP contribution in [0, 0.1) is 0 Å². The normalized spacial score (nSPS) is 10.4. The zero-order chi connectivity index (χ0) is 11.7. The SMILES string of the molecule is COc1ccc2c(c1)cc(C(=O)NN)n2C. The molecule has 3 N–H and O–H groups in total. The second-order valence-corrected chi connectivity index (χ2v) is 3.49. The molecule has 0 atom stereocenters. The summed E-state index contributed by atoms with van der Waals surface area (Å²) < 4.78 is 6.91. The number of aryl methyl sites for hydroxylation is 1. The van der Waals surface area contributed by atoms with Gasteiger partial charge in [0.05, 0.1) is 7.11 Å². The molecule has 2 rings (SSSR count). The number of hydrogen-bond acceptors (Lipinski definition) is 3. The van der Waals surface area contributed by atoms with E-state index in [9.17, 15) is 4.79 Å². The maximum absolute atomic E-state index is 11.5. The molecule has 0 fully saturated rings. The quantitative estimate of drug-likeness (QED) is 0.445. The molecule has 0 spiro atoms. The van der Waals surface area contributed by atoms with Gasteiger partial charge >= 0.3 is 0 Å². The predicted octanol–water partition coefficient (Wildman–Crippen LogP) is 0.790. The molecule has 2 aromatic rings. The second kappa shape index (κ2) is 3.86. The highest BCUT2D eigenvalue weighted by atomic mass is 16.5. The molecular formula is C11H13N3O2. The molecule has 1 aromatic carbocycles. The number of nitrogens with two attached hydrogens (primary N) is 1. The number of carbonyl (C=O) groups excluding carboxylic acids is 1. The first-order chi connectivity index (χ1) is 7.67. The number of nitrogens with zero attached hydrogens (tertiary/aromatic N) is 1. The molecule has 0 bridgehead atoms. The van der Waals surface area contributed by atoms with Crippen LogP contribution in [-0.2, 0) is 7.05 Å². The van der Waals surface area contributed by atoms with Crippen molar-refractivity contribution in [3.05, 3.63) is 30.0 Å². The molecule has 1 amide bonds. The summed E-state index contributed by atoms with van der Waals surface area (Å²) in [7, 11) is 3.43. The number of aromatic nitrogens is 1. The van der Waals surface area contributed by atoms with Gasteiger partial charge in [0.1, 0.15) is 11.4 Å². The van der Waals surface area contributed by atoms with E-state index in [0.29, 0.717) is 5.69 Å². The number of ether oxygens (including phenoxy) is 1. The molecule has 0 aliphatic rings. The summed E-state index contributed by atoms with van der Waals surface area (Å²) in [4.78, 5) is 11.5. The molecule has 1 aromatic heterocycles. The summed E-state index contributed by atoms with van der Waals surface area (Å²) in [6.07, 6.45) is 0. The van der Waals surface area contributed by atoms with E-state index >= 15 is 0 Å². The van der Waals surface area contributed by atoms with Crippen LogP contribution in [0.15, 0.2) is 24.3 Å². The summed E-state index contributed by atoms with van der Waals surface area (Å²) in [5, 5.41) is 0.945. The van der Waals surface area contributed by atoms with E-state index in [2.05, 4.69) is 5.43 Å². The molecule has 0 saturated heterocycles. The van der Waals surface area contributed by atoms with Crippen LogP contribution in [0.2, 0.25) is 0 Å². The lowest BCUT2D eigenvalue weighted by Gasteiger charge is -2.02. The van der Waals surface area contributed by atoms with Crippen molar-refractivity contribution in [1.82, 2.24) is 9.99 Å². The number of hydrazine groups is 1. The minimum absolute atomic E-state index is 0.308. The number of nitrogen functional groups attached to an aromatic ring is 1. The van der Waals surface area contributed by atoms with Crippen LogP contribution in [-0.4, -0.2) is 17.6 Å². The third kappa shape index (κ3) is 1.51. The Morgan fingerprint density at radius 2 is 2.19 bits per heavy atom. The van der Waals surface area contributed by atoms with Gasteiger partial charge in [-0.05, 0) is 24.3 Å². The fourth-order valence-corrected chi connectivity index (χ4v) is 1.75. The topological polar surface area (TPSA) is 69.3 Å². The molecule has 0 saturated carbocycles. The monoisotopic (exact) mass is 219 g/mol. The van der Waals surface area contributed by atoms with Gasteiger partial charge in [-0.3, -0.25) is 10.2 Å². The van der Waals surface area contributed by atoms with Crippen LogP contribution in [0.3, 0.4) is 0 Å². The zero-order valence-corrected chi connectivity index (χ0v) is 9.15. The molecule has 84 valence electrons. The summed E-state index contributed by atoms with van der Waals surface area (Å²) in [6.45, 7) is 0. The fourth-order valence-electron chi connectivity index (χ4n) is 1.75. The van der Waals surface area contributed by atoms with E-state index in [1.807, 2.05) is 25.2 Å².